The summed E-state index contributed by atoms with van der Waals surface area (Å²) < 4.78 is 21.0. The number of carbonyl (C=O) groups is 1. The molecule has 1 amide bonds. The van der Waals surface area contributed by atoms with Crippen LogP contribution in [-0.4, -0.2) is 67.7 Å². The lowest BCUT2D eigenvalue weighted by molar-refractivity contribution is 0.0138. The van der Waals surface area contributed by atoms with E-state index in [1.165, 1.54) is 12.1 Å². The number of aromatic nitrogens is 4. The molecule has 0 N–H and O–H groups in total. The number of halogens is 1. The molecule has 1 saturated heterocycles. The minimum atomic E-state index is -0.511. The standard InChI is InChI=1S/C23H27FN6O2/c1-23(2,3)32-22(31)29-13-11-28(12-14-29)16-20-21(17-7-9-25-10-8-17)30(27-26-20)19-6-4-5-18(24)15-19/h4-10,15H,11-14,16H2,1-3H3. The molecule has 0 radical (unpaired) electrons. The highest BCUT2D eigenvalue weighted by molar-refractivity contribution is 5.68. The van der Waals surface area contributed by atoms with Gasteiger partial charge in [-0.2, -0.15) is 0 Å². The molecular weight excluding hydrogens is 411 g/mol. The fraction of sp³-hybridized carbons (Fsp3) is 0.391. The van der Waals surface area contributed by atoms with Crippen LogP contribution in [0.15, 0.2) is 48.8 Å². The minimum Gasteiger partial charge on any atom is -0.444 e. The van der Waals surface area contributed by atoms with Gasteiger partial charge in [-0.05, 0) is 51.1 Å². The van der Waals surface area contributed by atoms with Crippen LogP contribution in [0.4, 0.5) is 9.18 Å². The van der Waals surface area contributed by atoms with Crippen LogP contribution in [0.1, 0.15) is 26.5 Å². The van der Waals surface area contributed by atoms with Gasteiger partial charge in [0.25, 0.3) is 0 Å². The zero-order valence-electron chi connectivity index (χ0n) is 18.5. The summed E-state index contributed by atoms with van der Waals surface area (Å²) in [6, 6.07) is 10.1. The molecule has 168 valence electrons. The number of amides is 1. The summed E-state index contributed by atoms with van der Waals surface area (Å²) >= 11 is 0. The van der Waals surface area contributed by atoms with Crippen LogP contribution in [0.2, 0.25) is 0 Å². The highest BCUT2D eigenvalue weighted by Gasteiger charge is 2.27. The number of pyridine rings is 1. The van der Waals surface area contributed by atoms with E-state index >= 15 is 0 Å². The highest BCUT2D eigenvalue weighted by Crippen LogP contribution is 2.26. The van der Waals surface area contributed by atoms with Gasteiger partial charge in [-0.1, -0.05) is 11.3 Å². The third kappa shape index (κ3) is 5.11. The predicted molar refractivity (Wildman–Crippen MR) is 118 cm³/mol. The lowest BCUT2D eigenvalue weighted by Crippen LogP contribution is -2.49. The third-order valence-corrected chi connectivity index (χ3v) is 5.14. The molecule has 32 heavy (non-hydrogen) atoms. The highest BCUT2D eigenvalue weighted by atomic mass is 19.1. The smallest absolute Gasteiger partial charge is 0.410 e. The second-order valence-electron chi connectivity index (χ2n) is 8.76. The van der Waals surface area contributed by atoms with Crippen LogP contribution in [0.5, 0.6) is 0 Å². The van der Waals surface area contributed by atoms with Gasteiger partial charge in [0.2, 0.25) is 0 Å². The van der Waals surface area contributed by atoms with Crippen LogP contribution in [-0.2, 0) is 11.3 Å². The number of nitrogens with zero attached hydrogens (tertiary/aromatic N) is 6. The molecule has 1 aliphatic heterocycles. The Morgan fingerprint density at radius 2 is 1.81 bits per heavy atom. The van der Waals surface area contributed by atoms with Crippen molar-refractivity contribution in [2.24, 2.45) is 0 Å². The normalized spacial score (nSPS) is 15.1. The number of carbonyl (C=O) groups excluding carboxylic acids is 1. The maximum Gasteiger partial charge on any atom is 0.410 e. The molecule has 1 aliphatic rings. The molecule has 0 bridgehead atoms. The van der Waals surface area contributed by atoms with E-state index in [-0.39, 0.29) is 11.9 Å². The largest absolute Gasteiger partial charge is 0.444 e. The van der Waals surface area contributed by atoms with Gasteiger partial charge in [0.05, 0.1) is 11.4 Å². The molecule has 9 heteroatoms. The molecule has 0 aliphatic carbocycles. The van der Waals surface area contributed by atoms with Gasteiger partial charge in [0, 0.05) is 50.7 Å². The molecular formula is C23H27FN6O2. The molecule has 0 saturated carbocycles. The zero-order chi connectivity index (χ0) is 22.7. The van der Waals surface area contributed by atoms with Gasteiger partial charge >= 0.3 is 6.09 Å². The van der Waals surface area contributed by atoms with Gasteiger partial charge in [-0.3, -0.25) is 9.88 Å². The molecule has 0 spiro atoms. The van der Waals surface area contributed by atoms with Crippen molar-refractivity contribution in [1.29, 1.82) is 0 Å². The lowest BCUT2D eigenvalue weighted by atomic mass is 10.1. The number of rotatable bonds is 4. The minimum absolute atomic E-state index is 0.285. The summed E-state index contributed by atoms with van der Waals surface area (Å²) in [5.41, 5.74) is 2.57. The number of hydrogen-bond acceptors (Lipinski definition) is 6. The molecule has 3 aromatic rings. The molecule has 3 heterocycles. The quantitative estimate of drug-likeness (QED) is 0.620. The topological polar surface area (TPSA) is 76.4 Å². The fourth-order valence-corrected chi connectivity index (χ4v) is 3.63. The first-order valence-electron chi connectivity index (χ1n) is 10.6. The SMILES string of the molecule is CC(C)(C)OC(=O)N1CCN(Cc2nnn(-c3cccc(F)c3)c2-c2ccncc2)CC1. The van der Waals surface area contributed by atoms with Crippen molar-refractivity contribution in [3.05, 3.63) is 60.3 Å². The molecule has 2 aromatic heterocycles. The Hall–Kier alpha value is -3.33. The first-order valence-corrected chi connectivity index (χ1v) is 10.6. The summed E-state index contributed by atoms with van der Waals surface area (Å²) in [7, 11) is 0. The second kappa shape index (κ2) is 9.04. The van der Waals surface area contributed by atoms with E-state index in [9.17, 15) is 9.18 Å². The Labute approximate surface area is 186 Å². The third-order valence-electron chi connectivity index (χ3n) is 5.14. The predicted octanol–water partition coefficient (Wildman–Crippen LogP) is 3.52. The van der Waals surface area contributed by atoms with E-state index in [1.54, 1.807) is 34.1 Å². The van der Waals surface area contributed by atoms with Gasteiger partial charge in [-0.25, -0.2) is 13.9 Å². The Morgan fingerprint density at radius 3 is 2.47 bits per heavy atom. The van der Waals surface area contributed by atoms with Gasteiger partial charge < -0.3 is 9.64 Å². The van der Waals surface area contributed by atoms with E-state index in [4.69, 9.17) is 4.74 Å². The van der Waals surface area contributed by atoms with Crippen molar-refractivity contribution in [2.45, 2.75) is 32.9 Å². The summed E-state index contributed by atoms with van der Waals surface area (Å²) in [5, 5.41) is 8.74. The average Bonchev–Trinajstić information content (AvgIpc) is 3.17. The van der Waals surface area contributed by atoms with E-state index < -0.39 is 5.60 Å². The van der Waals surface area contributed by atoms with Crippen LogP contribution < -0.4 is 0 Å². The van der Waals surface area contributed by atoms with Gasteiger partial charge in [-0.15, -0.1) is 5.10 Å². The van der Waals surface area contributed by atoms with E-state index in [1.807, 2.05) is 32.9 Å². The fourth-order valence-electron chi connectivity index (χ4n) is 3.63. The Bertz CT molecular complexity index is 1070. The average molecular weight is 439 g/mol. The van der Waals surface area contributed by atoms with Crippen LogP contribution >= 0.6 is 0 Å². The van der Waals surface area contributed by atoms with E-state index in [0.717, 1.165) is 17.0 Å². The Kier molecular flexibility index (Phi) is 6.18. The number of hydrogen-bond donors (Lipinski definition) is 0. The second-order valence-corrected chi connectivity index (χ2v) is 8.76. The molecule has 1 aromatic carbocycles. The summed E-state index contributed by atoms with van der Waals surface area (Å²) in [4.78, 5) is 20.4. The summed E-state index contributed by atoms with van der Waals surface area (Å²) in [6.45, 7) is 8.71. The molecule has 0 unspecified atom stereocenters. The maximum atomic E-state index is 13.8. The van der Waals surface area contributed by atoms with Crippen molar-refractivity contribution in [2.75, 3.05) is 26.2 Å². The number of ether oxygens (including phenoxy) is 1. The maximum absolute atomic E-state index is 13.8. The summed E-state index contributed by atoms with van der Waals surface area (Å²) in [5.74, 6) is -0.335. The Balaban J connectivity index is 1.53. The molecule has 8 nitrogen and oxygen atoms in total. The van der Waals surface area contributed by atoms with Crippen molar-refractivity contribution in [3.8, 4) is 16.9 Å². The zero-order valence-corrected chi connectivity index (χ0v) is 18.5. The lowest BCUT2D eigenvalue weighted by Gasteiger charge is -2.35. The van der Waals surface area contributed by atoms with Gasteiger partial charge in [0.15, 0.2) is 0 Å². The number of benzene rings is 1. The molecule has 4 rings (SSSR count). The van der Waals surface area contributed by atoms with Crippen molar-refractivity contribution in [3.63, 3.8) is 0 Å². The van der Waals surface area contributed by atoms with Crippen molar-refractivity contribution in [1.82, 2.24) is 29.8 Å². The Morgan fingerprint density at radius 1 is 1.09 bits per heavy atom. The van der Waals surface area contributed by atoms with E-state index in [0.29, 0.717) is 38.4 Å². The van der Waals surface area contributed by atoms with E-state index in [2.05, 4.69) is 20.2 Å². The van der Waals surface area contributed by atoms with Crippen molar-refractivity contribution >= 4 is 6.09 Å². The first-order chi connectivity index (χ1) is 15.3. The summed E-state index contributed by atoms with van der Waals surface area (Å²) in [6.07, 6.45) is 3.13. The van der Waals surface area contributed by atoms with Crippen LogP contribution in [0.3, 0.4) is 0 Å². The van der Waals surface area contributed by atoms with Crippen LogP contribution in [0, 0.1) is 5.82 Å². The molecule has 0 atom stereocenters. The van der Waals surface area contributed by atoms with Crippen LogP contribution in [0.25, 0.3) is 16.9 Å². The van der Waals surface area contributed by atoms with Crippen molar-refractivity contribution < 1.29 is 13.9 Å². The molecule has 1 fully saturated rings. The number of piperazine rings is 1. The monoisotopic (exact) mass is 438 g/mol. The first kappa shape index (κ1) is 21.9. The van der Waals surface area contributed by atoms with Gasteiger partial charge in [0.1, 0.15) is 17.1 Å².